The summed E-state index contributed by atoms with van der Waals surface area (Å²) in [7, 11) is 0. The average Bonchev–Trinajstić information content (AvgIpc) is 3.08. The number of nitrogens with zero attached hydrogens (tertiary/aromatic N) is 3. The van der Waals surface area contributed by atoms with Crippen molar-refractivity contribution in [3.05, 3.63) is 11.9 Å². The Bertz CT molecular complexity index is 433. The Morgan fingerprint density at radius 1 is 1.28 bits per heavy atom. The lowest BCUT2D eigenvalue weighted by Crippen LogP contribution is -2.37. The van der Waals surface area contributed by atoms with Crippen molar-refractivity contribution >= 4 is 6.09 Å². The van der Waals surface area contributed by atoms with Crippen molar-refractivity contribution in [1.82, 2.24) is 20.3 Å². The van der Waals surface area contributed by atoms with E-state index in [4.69, 9.17) is 5.11 Å². The van der Waals surface area contributed by atoms with Gasteiger partial charge in [-0.25, -0.2) is 9.48 Å². The summed E-state index contributed by atoms with van der Waals surface area (Å²) < 4.78 is 1.98. The molecule has 0 saturated heterocycles. The Kier molecular flexibility index (Phi) is 2.93. The normalized spacial score (nSPS) is 28.0. The summed E-state index contributed by atoms with van der Waals surface area (Å²) in [6, 6.07) is 0.488. The van der Waals surface area contributed by atoms with Gasteiger partial charge in [0.05, 0.1) is 11.7 Å². The molecule has 0 radical (unpaired) electrons. The second kappa shape index (κ2) is 4.59. The standard InChI is InChI=1S/C12H18N4O2/c17-12(18)13-9-3-5-10(6-4-9)16-7-11(14-15-16)8-1-2-8/h7-10,13H,1-6H2,(H,17,18). The summed E-state index contributed by atoms with van der Waals surface area (Å²) in [6.45, 7) is 0. The zero-order valence-electron chi connectivity index (χ0n) is 10.2. The van der Waals surface area contributed by atoms with Crippen LogP contribution in [-0.4, -0.2) is 32.2 Å². The summed E-state index contributed by atoms with van der Waals surface area (Å²) >= 11 is 0. The fourth-order valence-corrected chi connectivity index (χ4v) is 2.69. The second-order valence-electron chi connectivity index (χ2n) is 5.35. The monoisotopic (exact) mass is 250 g/mol. The maximum absolute atomic E-state index is 10.6. The number of hydrogen-bond donors (Lipinski definition) is 2. The molecule has 2 fully saturated rings. The lowest BCUT2D eigenvalue weighted by molar-refractivity contribution is 0.181. The van der Waals surface area contributed by atoms with E-state index in [2.05, 4.69) is 21.8 Å². The Labute approximate surface area is 105 Å². The molecule has 6 heteroatoms. The van der Waals surface area contributed by atoms with Crippen LogP contribution in [0.15, 0.2) is 6.20 Å². The maximum atomic E-state index is 10.6. The summed E-state index contributed by atoms with van der Waals surface area (Å²) in [6.07, 6.45) is 7.35. The van der Waals surface area contributed by atoms with Crippen molar-refractivity contribution in [3.8, 4) is 0 Å². The molecule has 1 heterocycles. The highest BCUT2D eigenvalue weighted by Gasteiger charge is 2.29. The SMILES string of the molecule is O=C(O)NC1CCC(n2cc(C3CC3)nn2)CC1. The lowest BCUT2D eigenvalue weighted by atomic mass is 9.91. The quantitative estimate of drug-likeness (QED) is 0.858. The molecule has 0 aromatic carbocycles. The number of aromatic nitrogens is 3. The van der Waals surface area contributed by atoms with E-state index in [1.165, 1.54) is 12.8 Å². The first-order chi connectivity index (χ1) is 8.72. The van der Waals surface area contributed by atoms with Gasteiger partial charge in [-0.2, -0.15) is 0 Å². The van der Waals surface area contributed by atoms with Crippen molar-refractivity contribution in [1.29, 1.82) is 0 Å². The average molecular weight is 250 g/mol. The van der Waals surface area contributed by atoms with Gasteiger partial charge in [0.2, 0.25) is 0 Å². The molecule has 2 saturated carbocycles. The van der Waals surface area contributed by atoms with Crippen molar-refractivity contribution in [2.45, 2.75) is 56.5 Å². The molecule has 6 nitrogen and oxygen atoms in total. The van der Waals surface area contributed by atoms with Gasteiger partial charge in [-0.15, -0.1) is 5.10 Å². The summed E-state index contributed by atoms with van der Waals surface area (Å²) in [4.78, 5) is 10.6. The van der Waals surface area contributed by atoms with Gasteiger partial charge >= 0.3 is 6.09 Å². The van der Waals surface area contributed by atoms with Crippen LogP contribution in [0.3, 0.4) is 0 Å². The minimum atomic E-state index is -0.921. The second-order valence-corrected chi connectivity index (χ2v) is 5.35. The minimum absolute atomic E-state index is 0.102. The van der Waals surface area contributed by atoms with Gasteiger partial charge in [0.15, 0.2) is 0 Å². The largest absolute Gasteiger partial charge is 0.465 e. The van der Waals surface area contributed by atoms with E-state index in [0.717, 1.165) is 31.4 Å². The first-order valence-corrected chi connectivity index (χ1v) is 6.63. The summed E-state index contributed by atoms with van der Waals surface area (Å²) in [5.41, 5.74) is 1.13. The molecule has 0 bridgehead atoms. The molecule has 0 unspecified atom stereocenters. The van der Waals surface area contributed by atoms with Gasteiger partial charge in [0.25, 0.3) is 0 Å². The number of amides is 1. The van der Waals surface area contributed by atoms with Gasteiger partial charge in [-0.3, -0.25) is 0 Å². The van der Waals surface area contributed by atoms with Crippen LogP contribution < -0.4 is 5.32 Å². The van der Waals surface area contributed by atoms with E-state index in [1.54, 1.807) is 0 Å². The molecule has 1 amide bonds. The van der Waals surface area contributed by atoms with Gasteiger partial charge < -0.3 is 10.4 Å². The molecule has 2 N–H and O–H groups in total. The smallest absolute Gasteiger partial charge is 0.404 e. The number of carboxylic acid groups (broad SMARTS) is 1. The molecule has 0 aliphatic heterocycles. The lowest BCUT2D eigenvalue weighted by Gasteiger charge is -2.28. The number of nitrogens with one attached hydrogen (secondary N) is 1. The molecule has 0 spiro atoms. The molecule has 1 aromatic rings. The van der Waals surface area contributed by atoms with Crippen LogP contribution in [0.2, 0.25) is 0 Å². The topological polar surface area (TPSA) is 80.0 Å². The highest BCUT2D eigenvalue weighted by atomic mass is 16.4. The van der Waals surface area contributed by atoms with E-state index >= 15 is 0 Å². The fraction of sp³-hybridized carbons (Fsp3) is 0.750. The van der Waals surface area contributed by atoms with Crippen LogP contribution in [0.4, 0.5) is 4.79 Å². The Balaban J connectivity index is 1.56. The van der Waals surface area contributed by atoms with E-state index < -0.39 is 6.09 Å². The van der Waals surface area contributed by atoms with Crippen LogP contribution in [0, 0.1) is 0 Å². The number of hydrogen-bond acceptors (Lipinski definition) is 3. The first-order valence-electron chi connectivity index (χ1n) is 6.63. The zero-order valence-corrected chi connectivity index (χ0v) is 10.2. The van der Waals surface area contributed by atoms with E-state index in [9.17, 15) is 4.79 Å². The molecular weight excluding hydrogens is 232 g/mol. The van der Waals surface area contributed by atoms with E-state index in [-0.39, 0.29) is 6.04 Å². The van der Waals surface area contributed by atoms with Crippen molar-refractivity contribution < 1.29 is 9.90 Å². The van der Waals surface area contributed by atoms with Crippen LogP contribution in [0.1, 0.15) is 56.2 Å². The first kappa shape index (κ1) is 11.5. The minimum Gasteiger partial charge on any atom is -0.465 e. The predicted octanol–water partition coefficient (Wildman–Crippen LogP) is 1.91. The van der Waals surface area contributed by atoms with Gasteiger partial charge in [0.1, 0.15) is 0 Å². The summed E-state index contributed by atoms with van der Waals surface area (Å²) in [5, 5.41) is 19.7. The van der Waals surface area contributed by atoms with Crippen molar-refractivity contribution in [2.24, 2.45) is 0 Å². The molecule has 2 aliphatic carbocycles. The molecule has 98 valence electrons. The zero-order chi connectivity index (χ0) is 12.5. The summed E-state index contributed by atoms with van der Waals surface area (Å²) in [5.74, 6) is 0.642. The van der Waals surface area contributed by atoms with Gasteiger partial charge in [0, 0.05) is 18.2 Å². The predicted molar refractivity (Wildman–Crippen MR) is 64.5 cm³/mol. The maximum Gasteiger partial charge on any atom is 0.404 e. The number of rotatable bonds is 3. The van der Waals surface area contributed by atoms with Crippen LogP contribution in [-0.2, 0) is 0 Å². The molecular formula is C12H18N4O2. The molecule has 18 heavy (non-hydrogen) atoms. The molecule has 2 aliphatic rings. The van der Waals surface area contributed by atoms with Crippen LogP contribution in [0.5, 0.6) is 0 Å². The van der Waals surface area contributed by atoms with Gasteiger partial charge in [-0.1, -0.05) is 5.21 Å². The fourth-order valence-electron chi connectivity index (χ4n) is 2.69. The molecule has 1 aromatic heterocycles. The third-order valence-corrected chi connectivity index (χ3v) is 3.92. The Morgan fingerprint density at radius 3 is 2.61 bits per heavy atom. The van der Waals surface area contributed by atoms with Gasteiger partial charge in [-0.05, 0) is 38.5 Å². The Hall–Kier alpha value is -1.59. The van der Waals surface area contributed by atoms with Crippen LogP contribution in [0.25, 0.3) is 0 Å². The highest BCUT2D eigenvalue weighted by molar-refractivity contribution is 5.64. The Morgan fingerprint density at radius 2 is 2.00 bits per heavy atom. The third-order valence-electron chi connectivity index (χ3n) is 3.92. The van der Waals surface area contributed by atoms with Crippen molar-refractivity contribution in [2.75, 3.05) is 0 Å². The van der Waals surface area contributed by atoms with Crippen molar-refractivity contribution in [3.63, 3.8) is 0 Å². The van der Waals surface area contributed by atoms with E-state index in [0.29, 0.717) is 12.0 Å². The third kappa shape index (κ3) is 2.47. The van der Waals surface area contributed by atoms with Crippen LogP contribution >= 0.6 is 0 Å². The molecule has 3 rings (SSSR count). The highest BCUT2D eigenvalue weighted by Crippen LogP contribution is 2.39. The number of carbonyl (C=O) groups is 1. The van der Waals surface area contributed by atoms with E-state index in [1.807, 2.05) is 4.68 Å². The molecule has 0 atom stereocenters.